The molecule has 0 nitrogen and oxygen atoms in total. The number of rotatable bonds is 12. The molecule has 0 spiro atoms. The van der Waals surface area contributed by atoms with Gasteiger partial charge in [0.05, 0.1) is 0 Å². The number of aryl methyl sites for hydroxylation is 5. The van der Waals surface area contributed by atoms with E-state index in [1.165, 1.54) is 134 Å². The predicted molar refractivity (Wildman–Crippen MR) is 413 cm³/mol. The molecule has 5 aromatic carbocycles. The van der Waals surface area contributed by atoms with Crippen LogP contribution in [0.25, 0.3) is 0 Å². The fourth-order valence-electron chi connectivity index (χ4n) is 8.33. The van der Waals surface area contributed by atoms with Crippen molar-refractivity contribution in [2.75, 3.05) is 0 Å². The molecule has 0 saturated heterocycles. The quantitative estimate of drug-likeness (QED) is 0.117. The number of hydrogen-bond acceptors (Lipinski definition) is 0. The van der Waals surface area contributed by atoms with E-state index in [0.717, 1.165) is 64.5 Å². The predicted octanol–water partition coefficient (Wildman–Crippen LogP) is 30.4. The van der Waals surface area contributed by atoms with Crippen LogP contribution >= 0.6 is 11.6 Å². The smallest absolute Gasteiger partial charge is 0.126 e. The maximum atomic E-state index is 13.2. The van der Waals surface area contributed by atoms with Gasteiger partial charge in [-0.3, -0.25) is 0 Å². The van der Waals surface area contributed by atoms with Crippen molar-refractivity contribution in [3.05, 3.63) is 176 Å². The van der Waals surface area contributed by atoms with E-state index >= 15 is 0 Å². The third-order valence-corrected chi connectivity index (χ3v) is 12.3. The minimum Gasteiger partial charge on any atom is -0.207 e. The van der Waals surface area contributed by atoms with Crippen LogP contribution in [-0.4, -0.2) is 0 Å². The second-order valence-electron chi connectivity index (χ2n) is 27.1. The van der Waals surface area contributed by atoms with Crippen LogP contribution < -0.4 is 0 Å². The molecule has 6 rings (SSSR count). The molecule has 0 aliphatic heterocycles. The minimum absolute atomic E-state index is 0. The maximum absolute atomic E-state index is 13.2. The number of benzene rings is 5. The van der Waals surface area contributed by atoms with Crippen LogP contribution in [0.15, 0.2) is 109 Å². The van der Waals surface area contributed by atoms with Crippen LogP contribution in [0.4, 0.5) is 4.39 Å². The molecule has 2 heteroatoms. The Balaban J connectivity index is -0.000000137. The summed E-state index contributed by atoms with van der Waals surface area (Å²) in [6.45, 7) is 65.0. The van der Waals surface area contributed by atoms with Crippen molar-refractivity contribution in [2.24, 2.45) is 47.3 Å². The highest BCUT2D eigenvalue weighted by Gasteiger charge is 2.18. The topological polar surface area (TPSA) is 0 Å². The van der Waals surface area contributed by atoms with Gasteiger partial charge < -0.3 is 0 Å². The van der Waals surface area contributed by atoms with E-state index in [1.54, 1.807) is 6.07 Å². The van der Waals surface area contributed by atoms with Gasteiger partial charge in [0.15, 0.2) is 0 Å². The molecule has 0 atom stereocenters. The highest BCUT2D eigenvalue weighted by Crippen LogP contribution is 2.32. The first-order valence-electron chi connectivity index (χ1n) is 35.1. The standard InChI is InChI=1S/C11H15Cl.C11H15F.C11H22.3C11H16.6C3H8.2CH4/c2*1-8(2)6-10-5-4-9(3)7-11(10)12;4*1-9(2)8-11-6-4-10(3)5-7-11;6*1-3-2;;/h2*4-5,7-8H,6H2,1-3H3;9-11H,4-8H2,1-3H3;3*4-7,9H,8H2,1-3H3;6*3H2,1-2H3;2*1H4. The molecular weight excluding hydrogens is 1090 g/mol. The highest BCUT2D eigenvalue weighted by atomic mass is 35.5. The molecule has 0 bridgehead atoms. The normalized spacial score (nSPS) is 12.2. The van der Waals surface area contributed by atoms with E-state index in [-0.39, 0.29) is 20.7 Å². The minimum atomic E-state index is -0.0660. The molecule has 5 aromatic rings. The van der Waals surface area contributed by atoms with Gasteiger partial charge in [-0.25, -0.2) is 4.39 Å². The highest BCUT2D eigenvalue weighted by molar-refractivity contribution is 6.31. The second-order valence-corrected chi connectivity index (χ2v) is 27.5. The van der Waals surface area contributed by atoms with Crippen LogP contribution in [0, 0.1) is 87.8 Å². The summed E-state index contributed by atoms with van der Waals surface area (Å²) < 4.78 is 13.2. The Hall–Kier alpha value is -3.68. The Labute approximate surface area is 561 Å². The Bertz CT molecular complexity index is 1920. The molecule has 0 amide bonds. The first kappa shape index (κ1) is 100. The fourth-order valence-corrected chi connectivity index (χ4v) is 8.65. The van der Waals surface area contributed by atoms with Gasteiger partial charge >= 0.3 is 0 Å². The zero-order valence-corrected chi connectivity index (χ0v) is 63.8. The summed E-state index contributed by atoms with van der Waals surface area (Å²) in [7, 11) is 0. The fraction of sp³-hybridized carbons (Fsp3) is 0.651. The lowest BCUT2D eigenvalue weighted by Gasteiger charge is -2.27. The van der Waals surface area contributed by atoms with Gasteiger partial charge in [-0.15, -0.1) is 0 Å². The molecule has 1 aliphatic carbocycles. The van der Waals surface area contributed by atoms with E-state index in [9.17, 15) is 4.39 Å². The van der Waals surface area contributed by atoms with E-state index < -0.39 is 0 Å². The van der Waals surface area contributed by atoms with Gasteiger partial charge in [0.25, 0.3) is 0 Å². The number of halogens is 2. The second kappa shape index (κ2) is 69.2. The zero-order valence-electron chi connectivity index (χ0n) is 63.1. The number of hydrogen-bond donors (Lipinski definition) is 0. The molecule has 1 aliphatic rings. The van der Waals surface area contributed by atoms with Crippen LogP contribution in [0.1, 0.15) is 314 Å². The van der Waals surface area contributed by atoms with Crippen molar-refractivity contribution in [1.29, 1.82) is 0 Å². The maximum Gasteiger partial charge on any atom is 0.126 e. The summed E-state index contributed by atoms with van der Waals surface area (Å²) in [5, 5.41) is 0.906. The Morgan fingerprint density at radius 2 is 0.580 bits per heavy atom. The molecule has 0 radical (unpaired) electrons. The molecule has 88 heavy (non-hydrogen) atoms. The van der Waals surface area contributed by atoms with Crippen LogP contribution in [0.2, 0.25) is 5.02 Å². The monoisotopic (exact) mass is 1240 g/mol. The van der Waals surface area contributed by atoms with Crippen molar-refractivity contribution < 1.29 is 4.39 Å². The Morgan fingerprint density at radius 3 is 0.818 bits per heavy atom. The average molecular weight is 1240 g/mol. The summed E-state index contributed by atoms with van der Waals surface area (Å²) in [6, 6.07) is 38.1. The van der Waals surface area contributed by atoms with Gasteiger partial charge in [-0.05, 0) is 172 Å². The third kappa shape index (κ3) is 73.1. The SMILES string of the molecule is C.C.CC(C)CC1CCC(C)CC1.CCC.CCC.CCC.CCC.CCC.CCC.Cc1ccc(CC(C)C)c(Cl)c1.Cc1ccc(CC(C)C)c(F)c1.Cc1ccc(CC(C)C)cc1.Cc1ccc(CC(C)C)cc1.Cc1ccc(CC(C)C)cc1. The lowest BCUT2D eigenvalue weighted by atomic mass is 9.79. The molecule has 1 saturated carbocycles. The molecule has 0 unspecified atom stereocenters. The largest absolute Gasteiger partial charge is 0.207 e. The van der Waals surface area contributed by atoms with Gasteiger partial charge in [-0.1, -0.05) is 378 Å². The summed E-state index contributed by atoms with van der Waals surface area (Å²) in [5.41, 5.74) is 12.7. The van der Waals surface area contributed by atoms with Gasteiger partial charge in [0, 0.05) is 5.02 Å². The van der Waals surface area contributed by atoms with Crippen LogP contribution in [0.5, 0.6) is 0 Å². The van der Waals surface area contributed by atoms with E-state index in [0.29, 0.717) is 11.8 Å². The average Bonchev–Trinajstić information content (AvgIpc) is 3.63. The lowest BCUT2D eigenvalue weighted by Crippen LogP contribution is -2.13. The Kier molecular flexibility index (Phi) is 79.0. The summed E-state index contributed by atoms with van der Waals surface area (Å²) in [6.07, 6.45) is 20.4. The van der Waals surface area contributed by atoms with Crippen molar-refractivity contribution >= 4 is 11.6 Å². The third-order valence-electron chi connectivity index (χ3n) is 11.9. The van der Waals surface area contributed by atoms with Crippen molar-refractivity contribution in [1.82, 2.24) is 0 Å². The molecule has 0 aromatic heterocycles. The lowest BCUT2D eigenvalue weighted by molar-refractivity contribution is 0.256. The molecule has 0 heterocycles. The van der Waals surface area contributed by atoms with Crippen LogP contribution in [0.3, 0.4) is 0 Å². The van der Waals surface area contributed by atoms with E-state index in [1.807, 2.05) is 25.1 Å². The molecule has 514 valence electrons. The Morgan fingerprint density at radius 1 is 0.341 bits per heavy atom. The molecule has 0 N–H and O–H groups in total. The van der Waals surface area contributed by atoms with Crippen molar-refractivity contribution in [3.8, 4) is 0 Å². The first-order chi connectivity index (χ1) is 40.4. The van der Waals surface area contributed by atoms with Gasteiger partial charge in [0.1, 0.15) is 5.82 Å². The van der Waals surface area contributed by atoms with E-state index in [2.05, 4.69) is 286 Å². The van der Waals surface area contributed by atoms with Gasteiger partial charge in [0.2, 0.25) is 0 Å². The van der Waals surface area contributed by atoms with E-state index in [4.69, 9.17) is 11.6 Å². The van der Waals surface area contributed by atoms with Gasteiger partial charge in [-0.2, -0.15) is 0 Å². The zero-order chi connectivity index (χ0) is 67.6. The summed E-state index contributed by atoms with van der Waals surface area (Å²) in [5.74, 6) is 6.39. The summed E-state index contributed by atoms with van der Waals surface area (Å²) >= 11 is 6.07. The molecular formula is C86H156ClF. The van der Waals surface area contributed by atoms with Crippen molar-refractivity contribution in [2.45, 2.75) is 325 Å². The molecule has 1 fully saturated rings. The summed E-state index contributed by atoms with van der Waals surface area (Å²) in [4.78, 5) is 0. The van der Waals surface area contributed by atoms with Crippen LogP contribution in [-0.2, 0) is 32.1 Å². The van der Waals surface area contributed by atoms with Crippen molar-refractivity contribution in [3.63, 3.8) is 0 Å². The first-order valence-corrected chi connectivity index (χ1v) is 35.4.